The number of hydrogen-bond acceptors (Lipinski definition) is 4. The molecular weight excluding hydrogens is 338 g/mol. The largest absolute Gasteiger partial charge is 0.336 e. The lowest BCUT2D eigenvalue weighted by Gasteiger charge is -2.17. The molecule has 0 aliphatic heterocycles. The number of rotatable bonds is 7. The van der Waals surface area contributed by atoms with Crippen LogP contribution in [0.3, 0.4) is 0 Å². The van der Waals surface area contributed by atoms with Crippen molar-refractivity contribution in [3.05, 3.63) is 59.9 Å². The number of nitrogens with zero attached hydrogens (tertiary/aromatic N) is 2. The molecule has 134 valence electrons. The zero-order chi connectivity index (χ0) is 18.4. The molecule has 1 N–H and O–H groups in total. The van der Waals surface area contributed by atoms with Crippen LogP contribution < -0.4 is 4.72 Å². The van der Waals surface area contributed by atoms with Crippen LogP contribution in [0.4, 0.5) is 0 Å². The van der Waals surface area contributed by atoms with Crippen molar-refractivity contribution in [2.45, 2.75) is 25.3 Å². The Kier molecular flexibility index (Phi) is 6.27. The molecule has 1 aromatic heterocycles. The molecule has 0 unspecified atom stereocenters. The van der Waals surface area contributed by atoms with Crippen molar-refractivity contribution >= 4 is 15.9 Å². The van der Waals surface area contributed by atoms with Crippen LogP contribution in [-0.2, 0) is 16.6 Å². The van der Waals surface area contributed by atoms with Crippen LogP contribution >= 0.6 is 0 Å². The maximum atomic E-state index is 12.5. The minimum absolute atomic E-state index is 0.150. The van der Waals surface area contributed by atoms with Gasteiger partial charge in [0.15, 0.2) is 0 Å². The summed E-state index contributed by atoms with van der Waals surface area (Å²) < 4.78 is 26.9. The average Bonchev–Trinajstić information content (AvgIpc) is 2.60. The Morgan fingerprint density at radius 2 is 1.84 bits per heavy atom. The molecule has 0 bridgehead atoms. The molecule has 2 aromatic rings. The van der Waals surface area contributed by atoms with E-state index in [-0.39, 0.29) is 16.7 Å². The lowest BCUT2D eigenvalue weighted by molar-refractivity contribution is 0.0783. The van der Waals surface area contributed by atoms with E-state index in [0.29, 0.717) is 18.7 Å². The van der Waals surface area contributed by atoms with Crippen molar-refractivity contribution in [1.29, 1.82) is 0 Å². The predicted molar refractivity (Wildman–Crippen MR) is 96.5 cm³/mol. The van der Waals surface area contributed by atoms with Crippen LogP contribution in [0.5, 0.6) is 0 Å². The highest BCUT2D eigenvalue weighted by Crippen LogP contribution is 2.13. The first-order chi connectivity index (χ1) is 11.8. The highest BCUT2D eigenvalue weighted by Gasteiger charge is 2.17. The van der Waals surface area contributed by atoms with E-state index in [2.05, 4.69) is 9.71 Å². The topological polar surface area (TPSA) is 79.4 Å². The first-order valence-electron chi connectivity index (χ1n) is 8.04. The normalized spacial score (nSPS) is 11.5. The lowest BCUT2D eigenvalue weighted by atomic mass is 10.2. The molecule has 25 heavy (non-hydrogen) atoms. The van der Waals surface area contributed by atoms with E-state index in [1.807, 2.05) is 32.0 Å². The Morgan fingerprint density at radius 1 is 1.16 bits per heavy atom. The molecule has 1 aromatic carbocycles. The van der Waals surface area contributed by atoms with Crippen molar-refractivity contribution in [3.8, 4) is 0 Å². The number of nitrogens with one attached hydrogen (secondary N) is 1. The summed E-state index contributed by atoms with van der Waals surface area (Å²) in [6.45, 7) is 4.62. The third-order valence-corrected chi connectivity index (χ3v) is 5.00. The minimum Gasteiger partial charge on any atom is -0.336 e. The zero-order valence-electron chi connectivity index (χ0n) is 14.6. The number of amides is 1. The summed E-state index contributed by atoms with van der Waals surface area (Å²) >= 11 is 0. The highest BCUT2D eigenvalue weighted by atomic mass is 32.2. The van der Waals surface area contributed by atoms with Gasteiger partial charge in [0.1, 0.15) is 0 Å². The van der Waals surface area contributed by atoms with Crippen LogP contribution in [0.25, 0.3) is 0 Å². The number of benzene rings is 1. The highest BCUT2D eigenvalue weighted by molar-refractivity contribution is 7.89. The van der Waals surface area contributed by atoms with Gasteiger partial charge in [0.25, 0.3) is 5.91 Å². The minimum atomic E-state index is -3.55. The summed E-state index contributed by atoms with van der Waals surface area (Å²) in [6.07, 6.45) is 1.68. The third kappa shape index (κ3) is 5.37. The molecule has 0 atom stereocenters. The molecule has 0 aliphatic carbocycles. The number of carbonyl (C=O) groups is 1. The van der Waals surface area contributed by atoms with Gasteiger partial charge in [-0.25, -0.2) is 13.1 Å². The Labute approximate surface area is 148 Å². The average molecular weight is 361 g/mol. The second-order valence-corrected chi connectivity index (χ2v) is 8.02. The standard InChI is InChI=1S/C18H23N3O3S/c1-14(2)12-20-25(23,24)17-9-7-15(8-10-17)18(22)21(3)13-16-6-4-5-11-19-16/h4-11,14,20H,12-13H2,1-3H3. The van der Waals surface area contributed by atoms with Gasteiger partial charge in [0.2, 0.25) is 10.0 Å². The maximum absolute atomic E-state index is 12.5. The summed E-state index contributed by atoms with van der Waals surface area (Å²) in [5.41, 5.74) is 1.22. The van der Waals surface area contributed by atoms with Crippen molar-refractivity contribution in [3.63, 3.8) is 0 Å². The number of aromatic nitrogens is 1. The molecule has 0 aliphatic rings. The lowest BCUT2D eigenvalue weighted by Crippen LogP contribution is -2.28. The maximum Gasteiger partial charge on any atom is 0.253 e. The van der Waals surface area contributed by atoms with Gasteiger partial charge < -0.3 is 4.90 Å². The van der Waals surface area contributed by atoms with E-state index in [9.17, 15) is 13.2 Å². The fraction of sp³-hybridized carbons (Fsp3) is 0.333. The molecule has 0 saturated carbocycles. The van der Waals surface area contributed by atoms with Gasteiger partial charge >= 0.3 is 0 Å². The molecule has 6 nitrogen and oxygen atoms in total. The molecule has 1 amide bonds. The van der Waals surface area contributed by atoms with Gasteiger partial charge in [-0.05, 0) is 42.3 Å². The van der Waals surface area contributed by atoms with E-state index in [1.165, 1.54) is 24.3 Å². The van der Waals surface area contributed by atoms with E-state index in [1.54, 1.807) is 18.1 Å². The van der Waals surface area contributed by atoms with E-state index >= 15 is 0 Å². The van der Waals surface area contributed by atoms with E-state index < -0.39 is 10.0 Å². The quantitative estimate of drug-likeness (QED) is 0.821. The number of sulfonamides is 1. The Hall–Kier alpha value is -2.25. The summed E-state index contributed by atoms with van der Waals surface area (Å²) in [7, 11) is -1.87. The Bertz CT molecular complexity index is 803. The van der Waals surface area contributed by atoms with Crippen molar-refractivity contribution in [2.75, 3.05) is 13.6 Å². The van der Waals surface area contributed by atoms with Crippen LogP contribution in [0.1, 0.15) is 29.9 Å². The van der Waals surface area contributed by atoms with Crippen LogP contribution in [0.15, 0.2) is 53.6 Å². The first-order valence-corrected chi connectivity index (χ1v) is 9.53. The van der Waals surface area contributed by atoms with Gasteiger partial charge in [-0.2, -0.15) is 0 Å². The molecule has 2 rings (SSSR count). The van der Waals surface area contributed by atoms with Crippen molar-refractivity contribution in [2.24, 2.45) is 5.92 Å². The summed E-state index contributed by atoms with van der Waals surface area (Å²) in [6, 6.07) is 11.5. The van der Waals surface area contributed by atoms with Gasteiger partial charge in [0.05, 0.1) is 17.1 Å². The van der Waals surface area contributed by atoms with Gasteiger partial charge in [0, 0.05) is 25.4 Å². The fourth-order valence-corrected chi connectivity index (χ4v) is 3.38. The number of carbonyl (C=O) groups excluding carboxylic acids is 1. The van der Waals surface area contributed by atoms with Gasteiger partial charge in [-0.1, -0.05) is 19.9 Å². The molecule has 1 heterocycles. The first kappa shape index (κ1) is 19.1. The van der Waals surface area contributed by atoms with Gasteiger partial charge in [-0.3, -0.25) is 9.78 Å². The van der Waals surface area contributed by atoms with Crippen molar-refractivity contribution < 1.29 is 13.2 Å². The summed E-state index contributed by atoms with van der Waals surface area (Å²) in [5, 5.41) is 0. The second kappa shape index (κ2) is 8.22. The molecule has 0 radical (unpaired) electrons. The second-order valence-electron chi connectivity index (χ2n) is 6.25. The van der Waals surface area contributed by atoms with Crippen molar-refractivity contribution in [1.82, 2.24) is 14.6 Å². The van der Waals surface area contributed by atoms with Crippen LogP contribution in [0.2, 0.25) is 0 Å². The summed E-state index contributed by atoms with van der Waals surface area (Å²) in [4.78, 5) is 18.3. The summed E-state index contributed by atoms with van der Waals surface area (Å²) in [5.74, 6) is 0.0283. The van der Waals surface area contributed by atoms with Gasteiger partial charge in [-0.15, -0.1) is 0 Å². The zero-order valence-corrected chi connectivity index (χ0v) is 15.5. The van der Waals surface area contributed by atoms with Crippen LogP contribution in [0, 0.1) is 5.92 Å². The molecule has 0 spiro atoms. The van der Waals surface area contributed by atoms with Crippen LogP contribution in [-0.4, -0.2) is 37.8 Å². The third-order valence-electron chi connectivity index (χ3n) is 3.57. The number of hydrogen-bond donors (Lipinski definition) is 1. The Balaban J connectivity index is 2.07. The molecule has 0 saturated heterocycles. The molecular formula is C18H23N3O3S. The molecule has 7 heteroatoms. The van der Waals surface area contributed by atoms with E-state index in [0.717, 1.165) is 5.69 Å². The monoisotopic (exact) mass is 361 g/mol. The SMILES string of the molecule is CC(C)CNS(=O)(=O)c1ccc(C(=O)N(C)Cc2ccccn2)cc1. The fourth-order valence-electron chi connectivity index (χ4n) is 2.16. The smallest absolute Gasteiger partial charge is 0.253 e. The number of pyridine rings is 1. The molecule has 0 fully saturated rings. The van der Waals surface area contributed by atoms with E-state index in [4.69, 9.17) is 0 Å². The Morgan fingerprint density at radius 3 is 2.40 bits per heavy atom. The predicted octanol–water partition coefficient (Wildman–Crippen LogP) is 2.29.